The average Bonchev–Trinajstić information content (AvgIpc) is 3.64. The van der Waals surface area contributed by atoms with Gasteiger partial charge < -0.3 is 9.80 Å². The molecule has 2 aliphatic heterocycles. The zero-order chi connectivity index (χ0) is 53.4. The monoisotopic (exact) mass is 1010 g/mol. The molecule has 374 valence electrons. The molecule has 0 unspecified atom stereocenters. The topological polar surface area (TPSA) is 30.3 Å². The van der Waals surface area contributed by atoms with Gasteiger partial charge in [0.15, 0.2) is 0 Å². The number of nitrogens with zero attached hydrogens (tertiary/aromatic N) is 3. The molecule has 0 spiro atoms. The van der Waals surface area contributed by atoms with Crippen molar-refractivity contribution < 1.29 is 0 Å². The Kier molecular flexibility index (Phi) is 11.4. The third-order valence-electron chi connectivity index (χ3n) is 17.2. The number of anilines is 6. The summed E-state index contributed by atoms with van der Waals surface area (Å²) in [6, 6.07) is 100. The van der Waals surface area contributed by atoms with Crippen molar-refractivity contribution in [2.45, 2.75) is 38.5 Å². The van der Waals surface area contributed by atoms with E-state index >= 15 is 0 Å². The minimum absolute atomic E-state index is 0.135. The minimum Gasteiger partial charge on any atom is -0.311 e. The number of hydrogen-bond acceptors (Lipinski definition) is 3. The molecule has 0 bridgehead atoms. The molecule has 0 N–H and O–H groups in total. The van der Waals surface area contributed by atoms with Crippen LogP contribution in [0.1, 0.15) is 55.5 Å². The highest BCUT2D eigenvalue weighted by Crippen LogP contribution is 2.49. The van der Waals surface area contributed by atoms with Gasteiger partial charge in [-0.05, 0) is 160 Å². The lowest BCUT2D eigenvalue weighted by molar-refractivity contribution is 0.641. The smallest absolute Gasteiger partial charge is 0.252 e. The first kappa shape index (κ1) is 47.7. The summed E-state index contributed by atoms with van der Waals surface area (Å²) in [6.45, 7) is 9.28. The van der Waals surface area contributed by atoms with Gasteiger partial charge in [0.1, 0.15) is 0 Å². The van der Waals surface area contributed by atoms with E-state index in [9.17, 15) is 5.26 Å². The van der Waals surface area contributed by atoms with Crippen LogP contribution in [0.2, 0.25) is 0 Å². The molecule has 0 aliphatic carbocycles. The molecular weight excluding hydrogens is 954 g/mol. The van der Waals surface area contributed by atoms with Crippen LogP contribution in [0, 0.1) is 11.3 Å². The third kappa shape index (κ3) is 7.80. The molecule has 3 nitrogen and oxygen atoms in total. The van der Waals surface area contributed by atoms with Crippen molar-refractivity contribution in [2.75, 3.05) is 9.80 Å². The van der Waals surface area contributed by atoms with Crippen molar-refractivity contribution >= 4 is 78.8 Å². The van der Waals surface area contributed by atoms with E-state index in [-0.39, 0.29) is 17.5 Å². The molecule has 0 saturated heterocycles. The van der Waals surface area contributed by atoms with Crippen molar-refractivity contribution in [3.8, 4) is 39.4 Å². The Morgan fingerprint density at radius 1 is 0.329 bits per heavy atom. The summed E-state index contributed by atoms with van der Waals surface area (Å²) in [5.41, 5.74) is 22.1. The van der Waals surface area contributed by atoms with E-state index in [1.807, 2.05) is 0 Å². The van der Waals surface area contributed by atoms with Crippen LogP contribution in [0.3, 0.4) is 0 Å². The van der Waals surface area contributed by atoms with Gasteiger partial charge in [0.05, 0.1) is 11.6 Å². The molecule has 0 radical (unpaired) electrons. The fraction of sp³-hybridized carbons (Fsp3) is 0.0800. The second-order valence-electron chi connectivity index (χ2n) is 22.4. The largest absolute Gasteiger partial charge is 0.311 e. The third-order valence-corrected chi connectivity index (χ3v) is 17.2. The van der Waals surface area contributed by atoms with Gasteiger partial charge in [-0.2, -0.15) is 5.26 Å². The quantitative estimate of drug-likeness (QED) is 0.107. The maximum atomic E-state index is 11.1. The van der Waals surface area contributed by atoms with E-state index in [0.717, 1.165) is 67.2 Å². The highest BCUT2D eigenvalue weighted by atomic mass is 15.2. The summed E-state index contributed by atoms with van der Waals surface area (Å²) >= 11 is 0. The second-order valence-corrected chi connectivity index (χ2v) is 22.4. The average molecular weight is 1010 g/mol. The Balaban J connectivity index is 1.06. The van der Waals surface area contributed by atoms with Crippen molar-refractivity contribution in [1.29, 1.82) is 5.26 Å². The number of hydrogen-bond donors (Lipinski definition) is 0. The van der Waals surface area contributed by atoms with Gasteiger partial charge in [-0.25, -0.2) is 0 Å². The van der Waals surface area contributed by atoms with Gasteiger partial charge in [0.25, 0.3) is 6.71 Å². The maximum Gasteiger partial charge on any atom is 0.252 e. The van der Waals surface area contributed by atoms with Crippen LogP contribution in [0.25, 0.3) is 54.9 Å². The summed E-state index contributed by atoms with van der Waals surface area (Å²) in [5.74, 6) is 0. The Hall–Kier alpha value is -9.69. The molecule has 0 aromatic heterocycles. The lowest BCUT2D eigenvalue weighted by Crippen LogP contribution is -2.61. The molecule has 14 rings (SSSR count). The summed E-state index contributed by atoms with van der Waals surface area (Å²) in [6.07, 6.45) is 0. The first-order valence-electron chi connectivity index (χ1n) is 27.5. The number of benzene rings is 12. The standard InChI is InChI=1S/C75H56BN3/c1-74(2,55-26-12-6-13-27-55)57-38-40-67-65(47-57)76-66-48-58(75(3,4)56-28-14-7-15-29-56)39-41-68(66)79(60-32-18-9-19-33-60)70-46-53(45-69(73(70)76)78(67)59-30-16-8-17-31-59)52-42-50(49-77)43-54(44-52)72-63-36-22-20-34-61(63)71(51-24-10-5-11-25-51)62-35-21-23-37-64(62)72/h5-48H,1-4H3. The van der Waals surface area contributed by atoms with Crippen LogP contribution in [-0.2, 0) is 10.8 Å². The van der Waals surface area contributed by atoms with Gasteiger partial charge in [-0.3, -0.25) is 0 Å². The minimum atomic E-state index is -0.284. The molecule has 12 aromatic carbocycles. The van der Waals surface area contributed by atoms with Crippen molar-refractivity contribution in [3.63, 3.8) is 0 Å². The van der Waals surface area contributed by atoms with Gasteiger partial charge in [0.2, 0.25) is 0 Å². The first-order valence-corrected chi connectivity index (χ1v) is 27.5. The highest BCUT2D eigenvalue weighted by molar-refractivity contribution is 7.00. The molecule has 0 fully saturated rings. The Morgan fingerprint density at radius 2 is 0.696 bits per heavy atom. The van der Waals surface area contributed by atoms with Crippen LogP contribution >= 0.6 is 0 Å². The number of nitriles is 1. The lowest BCUT2D eigenvalue weighted by Gasteiger charge is -2.45. The summed E-state index contributed by atoms with van der Waals surface area (Å²) in [7, 11) is 0. The summed E-state index contributed by atoms with van der Waals surface area (Å²) in [4.78, 5) is 5.00. The normalized spacial score (nSPS) is 12.7. The number of rotatable bonds is 9. The van der Waals surface area contributed by atoms with Gasteiger partial charge in [-0.15, -0.1) is 0 Å². The molecule has 2 heterocycles. The van der Waals surface area contributed by atoms with Crippen LogP contribution in [0.15, 0.2) is 267 Å². The van der Waals surface area contributed by atoms with Crippen molar-refractivity contribution in [1.82, 2.24) is 0 Å². The van der Waals surface area contributed by atoms with Crippen LogP contribution in [0.5, 0.6) is 0 Å². The summed E-state index contributed by atoms with van der Waals surface area (Å²) in [5, 5.41) is 15.7. The zero-order valence-electron chi connectivity index (χ0n) is 44.8. The van der Waals surface area contributed by atoms with Crippen LogP contribution in [-0.4, -0.2) is 6.71 Å². The number of fused-ring (bicyclic) bond motifs is 6. The molecular formula is C75H56BN3. The van der Waals surface area contributed by atoms with Crippen LogP contribution in [0.4, 0.5) is 34.1 Å². The van der Waals surface area contributed by atoms with E-state index in [2.05, 4.69) is 310 Å². The number of para-hydroxylation sites is 2. The fourth-order valence-electron chi connectivity index (χ4n) is 13.1. The Bertz CT molecular complexity index is 4150. The van der Waals surface area contributed by atoms with E-state index in [4.69, 9.17) is 0 Å². The predicted molar refractivity (Wildman–Crippen MR) is 334 cm³/mol. The lowest BCUT2D eigenvalue weighted by atomic mass is 9.33. The Labute approximate surface area is 464 Å². The van der Waals surface area contributed by atoms with Gasteiger partial charge in [-0.1, -0.05) is 228 Å². The van der Waals surface area contributed by atoms with Crippen molar-refractivity contribution in [3.05, 3.63) is 295 Å². The van der Waals surface area contributed by atoms with Gasteiger partial charge >= 0.3 is 0 Å². The summed E-state index contributed by atoms with van der Waals surface area (Å²) < 4.78 is 0. The molecule has 0 atom stereocenters. The molecule has 2 aliphatic rings. The van der Waals surface area contributed by atoms with Crippen LogP contribution < -0.4 is 26.2 Å². The SMILES string of the molecule is CC(C)(c1ccccc1)c1ccc2c(c1)B1c3cc(C(C)(C)c4ccccc4)ccc3N(c3ccccc3)c3cc(-c4cc(C#N)cc(-c5c6ccccc6c(-c6ccccc6)c6ccccc56)c4)cc(c31)N2c1ccccc1. The molecule has 0 saturated carbocycles. The Morgan fingerprint density at radius 3 is 1.13 bits per heavy atom. The molecule has 79 heavy (non-hydrogen) atoms. The maximum absolute atomic E-state index is 11.1. The van der Waals surface area contributed by atoms with E-state index in [0.29, 0.717) is 5.56 Å². The fourth-order valence-corrected chi connectivity index (χ4v) is 13.1. The first-order chi connectivity index (χ1) is 38.7. The van der Waals surface area contributed by atoms with Crippen molar-refractivity contribution in [2.24, 2.45) is 0 Å². The van der Waals surface area contributed by atoms with E-state index < -0.39 is 0 Å². The van der Waals surface area contributed by atoms with Gasteiger partial charge in [0, 0.05) is 45.0 Å². The predicted octanol–water partition coefficient (Wildman–Crippen LogP) is 17.6. The zero-order valence-corrected chi connectivity index (χ0v) is 44.8. The molecule has 4 heteroatoms. The second kappa shape index (κ2) is 18.8. The molecule has 12 aromatic rings. The highest BCUT2D eigenvalue weighted by Gasteiger charge is 2.45. The van der Waals surface area contributed by atoms with E-state index in [1.54, 1.807) is 0 Å². The van der Waals surface area contributed by atoms with E-state index in [1.165, 1.54) is 60.5 Å². The molecule has 0 amide bonds.